The number of nitrogens with one attached hydrogen (secondary N) is 2. The first-order valence-corrected chi connectivity index (χ1v) is 12.1. The normalized spacial score (nSPS) is 14.8. The monoisotopic (exact) mass is 524 g/mol. The minimum Gasteiger partial charge on any atom is -0.489 e. The smallest absolute Gasteiger partial charge is 0.489 e. The number of ether oxygens (including phenoxy) is 5. The van der Waals surface area contributed by atoms with E-state index in [0.29, 0.717) is 29.3 Å². The second-order valence-corrected chi connectivity index (χ2v) is 8.28. The molecule has 202 valence electrons. The fraction of sp³-hybridized carbons (Fsp3) is 0.321. The van der Waals surface area contributed by atoms with Crippen LogP contribution in [-0.4, -0.2) is 38.5 Å². The van der Waals surface area contributed by atoms with E-state index in [9.17, 15) is 14.4 Å². The van der Waals surface area contributed by atoms with Gasteiger partial charge in [-0.2, -0.15) is 0 Å². The molecule has 1 unspecified atom stereocenters. The summed E-state index contributed by atoms with van der Waals surface area (Å²) in [5.74, 6) is -0.361. The van der Waals surface area contributed by atoms with Crippen LogP contribution in [0.3, 0.4) is 0 Å². The van der Waals surface area contributed by atoms with E-state index in [0.717, 1.165) is 5.56 Å². The zero-order valence-corrected chi connectivity index (χ0v) is 21.9. The summed E-state index contributed by atoms with van der Waals surface area (Å²) in [4.78, 5) is 36.5. The third-order valence-corrected chi connectivity index (χ3v) is 5.57. The minimum atomic E-state index is -0.924. The Hall–Kier alpha value is -4.47. The van der Waals surface area contributed by atoms with Crippen LogP contribution in [-0.2, 0) is 30.3 Å². The van der Waals surface area contributed by atoms with E-state index in [1.165, 1.54) is 7.11 Å². The Balaban J connectivity index is 1.91. The molecular formula is C28H32N2O8. The SMILES string of the molecule is CCOC(=O)CCNC(=O)OC1=C(C)NC(C)=C(OC(=O)OC)C1c1ccccc1OCc1ccccc1. The molecule has 0 spiro atoms. The van der Waals surface area contributed by atoms with Gasteiger partial charge in [0.2, 0.25) is 0 Å². The lowest BCUT2D eigenvalue weighted by molar-refractivity contribution is -0.142. The van der Waals surface area contributed by atoms with Gasteiger partial charge in [-0.05, 0) is 32.4 Å². The van der Waals surface area contributed by atoms with Crippen LogP contribution in [0, 0.1) is 0 Å². The third kappa shape index (κ3) is 7.52. The largest absolute Gasteiger partial charge is 0.513 e. The molecule has 2 N–H and O–H groups in total. The highest BCUT2D eigenvalue weighted by Gasteiger charge is 2.37. The number of carbonyl (C=O) groups excluding carboxylic acids is 3. The minimum absolute atomic E-state index is 0.00544. The second kappa shape index (κ2) is 13.7. The van der Waals surface area contributed by atoms with Crippen LogP contribution in [0.2, 0.25) is 0 Å². The maximum atomic E-state index is 12.7. The van der Waals surface area contributed by atoms with E-state index in [1.54, 1.807) is 32.9 Å². The van der Waals surface area contributed by atoms with Crippen LogP contribution in [0.15, 0.2) is 77.5 Å². The van der Waals surface area contributed by atoms with Crippen LogP contribution < -0.4 is 15.4 Å². The van der Waals surface area contributed by atoms with Crippen molar-refractivity contribution in [3.05, 3.63) is 88.6 Å². The summed E-state index contributed by atoms with van der Waals surface area (Å²) in [6.45, 7) is 5.75. The molecule has 1 atom stereocenters. The van der Waals surface area contributed by atoms with Crippen molar-refractivity contribution in [3.63, 3.8) is 0 Å². The summed E-state index contributed by atoms with van der Waals surface area (Å²) in [6, 6.07) is 16.9. The van der Waals surface area contributed by atoms with Gasteiger partial charge in [0, 0.05) is 12.1 Å². The van der Waals surface area contributed by atoms with Gasteiger partial charge < -0.3 is 34.3 Å². The molecule has 38 heavy (non-hydrogen) atoms. The number of esters is 1. The summed E-state index contributed by atoms with van der Waals surface area (Å²) in [7, 11) is 1.20. The molecule has 1 heterocycles. The average molecular weight is 525 g/mol. The lowest BCUT2D eigenvalue weighted by Gasteiger charge is -2.31. The van der Waals surface area contributed by atoms with Crippen molar-refractivity contribution in [2.24, 2.45) is 0 Å². The van der Waals surface area contributed by atoms with Crippen LogP contribution >= 0.6 is 0 Å². The number of dihydropyridines is 1. The van der Waals surface area contributed by atoms with Crippen molar-refractivity contribution in [3.8, 4) is 5.75 Å². The Bertz CT molecular complexity index is 1210. The van der Waals surface area contributed by atoms with Crippen LogP contribution in [0.1, 0.15) is 44.2 Å². The molecule has 0 saturated heterocycles. The summed E-state index contributed by atoms with van der Waals surface area (Å²) in [5.41, 5.74) is 2.64. The molecule has 0 fully saturated rings. The fourth-order valence-corrected chi connectivity index (χ4v) is 3.86. The molecule has 0 aliphatic carbocycles. The Morgan fingerprint density at radius 2 is 1.58 bits per heavy atom. The summed E-state index contributed by atoms with van der Waals surface area (Å²) < 4.78 is 27.0. The van der Waals surface area contributed by atoms with Gasteiger partial charge >= 0.3 is 18.2 Å². The van der Waals surface area contributed by atoms with Crippen molar-refractivity contribution < 1.29 is 38.1 Å². The fourth-order valence-electron chi connectivity index (χ4n) is 3.86. The van der Waals surface area contributed by atoms with Gasteiger partial charge in [-0.15, -0.1) is 0 Å². The number of alkyl carbamates (subject to hydrolysis) is 1. The highest BCUT2D eigenvalue weighted by molar-refractivity contribution is 5.73. The molecular weight excluding hydrogens is 492 g/mol. The predicted octanol–water partition coefficient (Wildman–Crippen LogP) is 4.88. The molecule has 3 rings (SSSR count). The van der Waals surface area contributed by atoms with Crippen molar-refractivity contribution in [2.75, 3.05) is 20.3 Å². The Kier molecular flexibility index (Phi) is 10.2. The number of rotatable bonds is 10. The number of hydrogen-bond acceptors (Lipinski definition) is 9. The molecule has 0 saturated carbocycles. The molecule has 2 aromatic carbocycles. The number of benzene rings is 2. The predicted molar refractivity (Wildman–Crippen MR) is 138 cm³/mol. The number of allylic oxidation sites excluding steroid dienone is 2. The van der Waals surface area contributed by atoms with Gasteiger partial charge in [0.05, 0.1) is 31.5 Å². The molecule has 0 radical (unpaired) electrons. The Morgan fingerprint density at radius 1 is 0.921 bits per heavy atom. The number of para-hydroxylation sites is 1. The third-order valence-electron chi connectivity index (χ3n) is 5.57. The second-order valence-electron chi connectivity index (χ2n) is 8.28. The summed E-state index contributed by atoms with van der Waals surface area (Å²) >= 11 is 0. The van der Waals surface area contributed by atoms with Crippen LogP contribution in [0.4, 0.5) is 9.59 Å². The number of carbonyl (C=O) groups is 3. The molecule has 1 aliphatic heterocycles. The molecule has 0 aromatic heterocycles. The van der Waals surface area contributed by atoms with Crippen molar-refractivity contribution in [2.45, 2.75) is 39.7 Å². The molecule has 2 aromatic rings. The number of hydrogen-bond donors (Lipinski definition) is 2. The topological polar surface area (TPSA) is 121 Å². The van der Waals surface area contributed by atoms with E-state index < -0.39 is 24.1 Å². The van der Waals surface area contributed by atoms with Gasteiger partial charge in [-0.25, -0.2) is 9.59 Å². The lowest BCUT2D eigenvalue weighted by atomic mass is 9.90. The van der Waals surface area contributed by atoms with E-state index >= 15 is 0 Å². The number of methoxy groups -OCH3 is 1. The Morgan fingerprint density at radius 3 is 2.26 bits per heavy atom. The maximum Gasteiger partial charge on any atom is 0.513 e. The quantitative estimate of drug-likeness (QED) is 0.331. The summed E-state index contributed by atoms with van der Waals surface area (Å²) in [5, 5.41) is 5.64. The van der Waals surface area contributed by atoms with Crippen molar-refractivity contribution >= 4 is 18.2 Å². The zero-order valence-electron chi connectivity index (χ0n) is 21.9. The molecule has 10 heteroatoms. The van der Waals surface area contributed by atoms with Gasteiger partial charge in [0.25, 0.3) is 0 Å². The van der Waals surface area contributed by atoms with E-state index in [2.05, 4.69) is 10.6 Å². The van der Waals surface area contributed by atoms with Gasteiger partial charge in [0.1, 0.15) is 29.8 Å². The van der Waals surface area contributed by atoms with E-state index in [1.807, 2.05) is 42.5 Å². The van der Waals surface area contributed by atoms with E-state index in [-0.39, 0.29) is 31.1 Å². The van der Waals surface area contributed by atoms with Gasteiger partial charge in [-0.1, -0.05) is 48.5 Å². The average Bonchev–Trinajstić information content (AvgIpc) is 2.91. The highest BCUT2D eigenvalue weighted by atomic mass is 16.7. The molecule has 10 nitrogen and oxygen atoms in total. The highest BCUT2D eigenvalue weighted by Crippen LogP contribution is 2.43. The first-order chi connectivity index (χ1) is 18.3. The van der Waals surface area contributed by atoms with Crippen molar-refractivity contribution in [1.82, 2.24) is 10.6 Å². The summed E-state index contributed by atoms with van der Waals surface area (Å²) in [6.07, 6.45) is -1.71. The van der Waals surface area contributed by atoms with Crippen LogP contribution in [0.25, 0.3) is 0 Å². The van der Waals surface area contributed by atoms with Gasteiger partial charge in [0.15, 0.2) is 0 Å². The standard InChI is InChI=1S/C28H32N2O8/c1-5-35-23(31)15-16-29-27(32)37-25-18(2)30-19(3)26(38-28(33)34-4)24(25)21-13-9-10-14-22(21)36-17-20-11-7-6-8-12-20/h6-14,24,30H,5,15-17H2,1-4H3,(H,29,32). The maximum absolute atomic E-state index is 12.7. The van der Waals surface area contributed by atoms with Gasteiger partial charge in [-0.3, -0.25) is 4.79 Å². The lowest BCUT2D eigenvalue weighted by Crippen LogP contribution is -2.33. The molecule has 1 aliphatic rings. The molecule has 0 bridgehead atoms. The zero-order chi connectivity index (χ0) is 27.5. The first kappa shape index (κ1) is 28.1. The Labute approximate surface area is 221 Å². The first-order valence-electron chi connectivity index (χ1n) is 12.1. The molecule has 1 amide bonds. The number of amides is 1. The van der Waals surface area contributed by atoms with E-state index in [4.69, 9.17) is 23.7 Å². The van der Waals surface area contributed by atoms with Crippen molar-refractivity contribution in [1.29, 1.82) is 0 Å². The van der Waals surface area contributed by atoms with Crippen LogP contribution in [0.5, 0.6) is 5.75 Å².